The van der Waals surface area contributed by atoms with Crippen molar-refractivity contribution in [2.75, 3.05) is 5.73 Å². The molecule has 7 heteroatoms. The quantitative estimate of drug-likeness (QED) is 0.854. The van der Waals surface area contributed by atoms with E-state index in [1.165, 1.54) is 0 Å². The van der Waals surface area contributed by atoms with Crippen molar-refractivity contribution in [1.29, 1.82) is 0 Å². The SMILES string of the molecule is Cc1nn(C)c(CS(=O)c2ccc(Br)cc2N)c1Cl. The number of nitrogens with zero attached hydrogens (tertiary/aromatic N) is 2. The average molecular weight is 363 g/mol. The van der Waals surface area contributed by atoms with Crippen LogP contribution in [0, 0.1) is 6.92 Å². The van der Waals surface area contributed by atoms with Crippen LogP contribution in [0.1, 0.15) is 11.4 Å². The van der Waals surface area contributed by atoms with Crippen LogP contribution >= 0.6 is 27.5 Å². The Bertz CT molecular complexity index is 657. The highest BCUT2D eigenvalue weighted by Crippen LogP contribution is 2.26. The van der Waals surface area contributed by atoms with Gasteiger partial charge in [0.1, 0.15) is 0 Å². The standard InChI is InChI=1S/C12H13BrClN3OS/c1-7-12(14)10(17(2)16-7)6-19(18)11-4-3-8(13)5-9(11)15/h3-5H,6,15H2,1-2H3. The lowest BCUT2D eigenvalue weighted by Gasteiger charge is -2.07. The van der Waals surface area contributed by atoms with Crippen molar-refractivity contribution >= 4 is 44.0 Å². The molecule has 4 nitrogen and oxygen atoms in total. The van der Waals surface area contributed by atoms with Crippen molar-refractivity contribution in [2.45, 2.75) is 17.6 Å². The molecule has 1 aromatic heterocycles. The number of nitrogens with two attached hydrogens (primary N) is 1. The van der Waals surface area contributed by atoms with E-state index in [9.17, 15) is 4.21 Å². The second kappa shape index (κ2) is 5.64. The van der Waals surface area contributed by atoms with E-state index in [-0.39, 0.29) is 0 Å². The second-order valence-corrected chi connectivity index (χ2v) is 6.85. The van der Waals surface area contributed by atoms with E-state index in [4.69, 9.17) is 17.3 Å². The van der Waals surface area contributed by atoms with Crippen LogP contribution in [-0.2, 0) is 23.6 Å². The highest BCUT2D eigenvalue weighted by atomic mass is 79.9. The highest BCUT2D eigenvalue weighted by molar-refractivity contribution is 9.10. The normalized spacial score (nSPS) is 12.6. The molecule has 0 aliphatic rings. The molecule has 0 aliphatic carbocycles. The maximum Gasteiger partial charge on any atom is 0.0856 e. The lowest BCUT2D eigenvalue weighted by atomic mass is 10.3. The fraction of sp³-hybridized carbons (Fsp3) is 0.250. The van der Waals surface area contributed by atoms with Gasteiger partial charge in [-0.1, -0.05) is 27.5 Å². The largest absolute Gasteiger partial charge is 0.398 e. The van der Waals surface area contributed by atoms with Gasteiger partial charge in [0.2, 0.25) is 0 Å². The zero-order valence-corrected chi connectivity index (χ0v) is 13.6. The van der Waals surface area contributed by atoms with Gasteiger partial charge in [-0.3, -0.25) is 8.89 Å². The van der Waals surface area contributed by atoms with E-state index >= 15 is 0 Å². The molecule has 2 N–H and O–H groups in total. The summed E-state index contributed by atoms with van der Waals surface area (Å²) in [5.74, 6) is 0.294. The second-order valence-electron chi connectivity index (χ2n) is 4.14. The molecule has 2 aromatic rings. The number of nitrogen functional groups attached to an aromatic ring is 1. The van der Waals surface area contributed by atoms with Gasteiger partial charge in [0.25, 0.3) is 0 Å². The monoisotopic (exact) mass is 361 g/mol. The predicted octanol–water partition coefficient (Wildman–Crippen LogP) is 3.03. The summed E-state index contributed by atoms with van der Waals surface area (Å²) in [6, 6.07) is 5.32. The lowest BCUT2D eigenvalue weighted by Crippen LogP contribution is -2.05. The summed E-state index contributed by atoms with van der Waals surface area (Å²) in [6.07, 6.45) is 0. The molecule has 1 heterocycles. The number of aromatic nitrogens is 2. The van der Waals surface area contributed by atoms with Gasteiger partial charge < -0.3 is 5.73 Å². The molecule has 0 saturated carbocycles. The summed E-state index contributed by atoms with van der Waals surface area (Å²) < 4.78 is 14.9. The first kappa shape index (κ1) is 14.6. The maximum atomic E-state index is 12.4. The van der Waals surface area contributed by atoms with Crippen molar-refractivity contribution in [3.8, 4) is 0 Å². The summed E-state index contributed by atoms with van der Waals surface area (Å²) in [7, 11) is 0.535. The van der Waals surface area contributed by atoms with Crippen LogP contribution in [0.15, 0.2) is 27.6 Å². The van der Waals surface area contributed by atoms with Crippen molar-refractivity contribution in [2.24, 2.45) is 7.05 Å². The molecule has 2 rings (SSSR count). The summed E-state index contributed by atoms with van der Waals surface area (Å²) >= 11 is 9.48. The lowest BCUT2D eigenvalue weighted by molar-refractivity contribution is 0.676. The summed E-state index contributed by atoms with van der Waals surface area (Å²) in [5, 5.41) is 4.77. The van der Waals surface area contributed by atoms with Crippen molar-refractivity contribution in [3.63, 3.8) is 0 Å². The van der Waals surface area contributed by atoms with Gasteiger partial charge in [-0.25, -0.2) is 0 Å². The smallest absolute Gasteiger partial charge is 0.0856 e. The molecular weight excluding hydrogens is 350 g/mol. The van der Waals surface area contributed by atoms with E-state index in [0.717, 1.165) is 15.9 Å². The zero-order chi connectivity index (χ0) is 14.2. The van der Waals surface area contributed by atoms with Gasteiger partial charge in [-0.15, -0.1) is 0 Å². The zero-order valence-electron chi connectivity index (χ0n) is 10.5. The molecule has 0 amide bonds. The summed E-state index contributed by atoms with van der Waals surface area (Å²) in [5.41, 5.74) is 7.87. The number of benzene rings is 1. The Balaban J connectivity index is 2.31. The van der Waals surface area contributed by atoms with E-state index in [1.807, 2.05) is 13.0 Å². The summed E-state index contributed by atoms with van der Waals surface area (Å²) in [4.78, 5) is 0.609. The van der Waals surface area contributed by atoms with Crippen LogP contribution in [0.5, 0.6) is 0 Å². The van der Waals surface area contributed by atoms with Crippen LogP contribution in [0.3, 0.4) is 0 Å². The molecule has 1 unspecified atom stereocenters. The van der Waals surface area contributed by atoms with Crippen molar-refractivity contribution in [3.05, 3.63) is 39.1 Å². The fourth-order valence-corrected chi connectivity index (χ4v) is 3.73. The van der Waals surface area contributed by atoms with Crippen LogP contribution < -0.4 is 5.73 Å². The molecule has 19 heavy (non-hydrogen) atoms. The molecule has 0 bridgehead atoms. The van der Waals surface area contributed by atoms with Gasteiger partial charge >= 0.3 is 0 Å². The van der Waals surface area contributed by atoms with E-state index < -0.39 is 10.8 Å². The minimum Gasteiger partial charge on any atom is -0.398 e. The highest BCUT2D eigenvalue weighted by Gasteiger charge is 2.16. The van der Waals surface area contributed by atoms with Gasteiger partial charge in [0, 0.05) is 17.2 Å². The predicted molar refractivity (Wildman–Crippen MR) is 81.6 cm³/mol. The van der Waals surface area contributed by atoms with Crippen molar-refractivity contribution in [1.82, 2.24) is 9.78 Å². The molecule has 0 fully saturated rings. The Morgan fingerprint density at radius 3 is 2.74 bits per heavy atom. The Morgan fingerprint density at radius 1 is 1.53 bits per heavy atom. The van der Waals surface area contributed by atoms with Gasteiger partial charge in [-0.2, -0.15) is 5.10 Å². The minimum atomic E-state index is -1.25. The summed E-state index contributed by atoms with van der Waals surface area (Å²) in [6.45, 7) is 1.82. The maximum absolute atomic E-state index is 12.4. The Hall–Kier alpha value is -0.850. The Labute approximate surface area is 127 Å². The van der Waals surface area contributed by atoms with Gasteiger partial charge in [-0.05, 0) is 25.1 Å². The first-order chi connectivity index (χ1) is 8.90. The molecule has 0 spiro atoms. The Kier molecular flexibility index (Phi) is 4.32. The van der Waals surface area contributed by atoms with Crippen LogP contribution in [0.2, 0.25) is 5.02 Å². The molecule has 102 valence electrons. The first-order valence-electron chi connectivity index (χ1n) is 5.51. The number of rotatable bonds is 3. The van der Waals surface area contributed by atoms with Crippen molar-refractivity contribution < 1.29 is 4.21 Å². The molecule has 1 aromatic carbocycles. The molecule has 0 saturated heterocycles. The van der Waals surface area contributed by atoms with Gasteiger partial charge in [0.15, 0.2) is 0 Å². The third-order valence-corrected chi connectivity index (χ3v) is 5.13. The third kappa shape index (κ3) is 3.01. The van der Waals surface area contributed by atoms with Crippen LogP contribution in [0.4, 0.5) is 5.69 Å². The van der Waals surface area contributed by atoms with E-state index in [0.29, 0.717) is 21.4 Å². The topological polar surface area (TPSA) is 60.9 Å². The number of hydrogen-bond donors (Lipinski definition) is 1. The van der Waals surface area contributed by atoms with Crippen LogP contribution in [0.25, 0.3) is 0 Å². The molecule has 0 aliphatic heterocycles. The number of anilines is 1. The number of hydrogen-bond acceptors (Lipinski definition) is 3. The first-order valence-corrected chi connectivity index (χ1v) is 8.00. The van der Waals surface area contributed by atoms with Crippen LogP contribution in [-0.4, -0.2) is 14.0 Å². The third-order valence-electron chi connectivity index (χ3n) is 2.75. The molecule has 1 atom stereocenters. The van der Waals surface area contributed by atoms with E-state index in [2.05, 4.69) is 21.0 Å². The minimum absolute atomic E-state index is 0.294. The molecular formula is C12H13BrClN3OS. The number of halogens is 2. The van der Waals surface area contributed by atoms with Gasteiger partial charge in [0.05, 0.1) is 37.9 Å². The average Bonchev–Trinajstić information content (AvgIpc) is 2.56. The number of aryl methyl sites for hydroxylation is 2. The molecule has 0 radical (unpaired) electrons. The Morgan fingerprint density at radius 2 is 2.21 bits per heavy atom. The van der Waals surface area contributed by atoms with E-state index in [1.54, 1.807) is 23.9 Å². The fourth-order valence-electron chi connectivity index (χ4n) is 1.77.